The Morgan fingerprint density at radius 3 is 3.00 bits per heavy atom. The molecule has 0 unspecified atom stereocenters. The van der Waals surface area contributed by atoms with Crippen LogP contribution < -0.4 is 10.5 Å². The average molecular weight is 195 g/mol. The van der Waals surface area contributed by atoms with Crippen LogP contribution in [0.4, 0.5) is 5.69 Å². The standard InChI is InChI=1S/C9H9NO2S/c1-12-7-4-6(10)5-2-3-13-9(5)8(7)11/h2-4,11H,10H2,1H3. The molecule has 0 bridgehead atoms. The molecule has 2 rings (SSSR count). The van der Waals surface area contributed by atoms with Crippen LogP contribution in [0.25, 0.3) is 10.1 Å². The summed E-state index contributed by atoms with van der Waals surface area (Å²) in [6.45, 7) is 0. The van der Waals surface area contributed by atoms with Crippen LogP contribution in [-0.2, 0) is 0 Å². The van der Waals surface area contributed by atoms with E-state index in [2.05, 4.69) is 0 Å². The van der Waals surface area contributed by atoms with Crippen LogP contribution in [0.5, 0.6) is 11.5 Å². The number of nitrogens with two attached hydrogens (primary N) is 1. The van der Waals surface area contributed by atoms with Crippen LogP contribution in [0.3, 0.4) is 0 Å². The molecule has 0 saturated carbocycles. The molecule has 0 atom stereocenters. The van der Waals surface area contributed by atoms with Gasteiger partial charge in [0.15, 0.2) is 11.5 Å². The van der Waals surface area contributed by atoms with Crippen LogP contribution in [0.1, 0.15) is 0 Å². The van der Waals surface area contributed by atoms with Crippen molar-refractivity contribution in [3.8, 4) is 11.5 Å². The number of phenols is 1. The third-order valence-corrected chi connectivity index (χ3v) is 2.85. The van der Waals surface area contributed by atoms with Gasteiger partial charge >= 0.3 is 0 Å². The number of rotatable bonds is 1. The van der Waals surface area contributed by atoms with E-state index in [1.807, 2.05) is 11.4 Å². The number of nitrogen functional groups attached to an aromatic ring is 1. The topological polar surface area (TPSA) is 55.5 Å². The van der Waals surface area contributed by atoms with E-state index in [9.17, 15) is 5.11 Å². The number of methoxy groups -OCH3 is 1. The van der Waals surface area contributed by atoms with Crippen LogP contribution in [0.2, 0.25) is 0 Å². The zero-order valence-electron chi connectivity index (χ0n) is 7.07. The van der Waals surface area contributed by atoms with Crippen LogP contribution in [-0.4, -0.2) is 12.2 Å². The van der Waals surface area contributed by atoms with E-state index < -0.39 is 0 Å². The van der Waals surface area contributed by atoms with Gasteiger partial charge in [0.25, 0.3) is 0 Å². The van der Waals surface area contributed by atoms with Crippen LogP contribution in [0, 0.1) is 0 Å². The molecule has 3 N–H and O–H groups in total. The van der Waals surface area contributed by atoms with Crippen molar-refractivity contribution in [1.82, 2.24) is 0 Å². The summed E-state index contributed by atoms with van der Waals surface area (Å²) in [5.41, 5.74) is 6.39. The van der Waals surface area contributed by atoms with Gasteiger partial charge in [-0.15, -0.1) is 11.3 Å². The first-order valence-corrected chi connectivity index (χ1v) is 4.64. The van der Waals surface area contributed by atoms with E-state index in [1.165, 1.54) is 18.4 Å². The Morgan fingerprint density at radius 2 is 2.31 bits per heavy atom. The molecule has 0 fully saturated rings. The molecule has 68 valence electrons. The summed E-state index contributed by atoms with van der Waals surface area (Å²) in [6.07, 6.45) is 0. The van der Waals surface area contributed by atoms with E-state index >= 15 is 0 Å². The van der Waals surface area contributed by atoms with Gasteiger partial charge in [-0.25, -0.2) is 0 Å². The maximum atomic E-state index is 9.69. The highest BCUT2D eigenvalue weighted by atomic mass is 32.1. The molecule has 0 spiro atoms. The van der Waals surface area contributed by atoms with Crippen LogP contribution >= 0.6 is 11.3 Å². The predicted octanol–water partition coefficient (Wildman–Crippen LogP) is 2.20. The zero-order chi connectivity index (χ0) is 9.42. The second kappa shape index (κ2) is 2.81. The van der Waals surface area contributed by atoms with Crippen molar-refractivity contribution in [2.24, 2.45) is 0 Å². The molecule has 3 nitrogen and oxygen atoms in total. The second-order valence-corrected chi connectivity index (χ2v) is 3.60. The Labute approximate surface area is 79.4 Å². The van der Waals surface area contributed by atoms with Crippen molar-refractivity contribution in [2.75, 3.05) is 12.8 Å². The first-order valence-electron chi connectivity index (χ1n) is 3.76. The lowest BCUT2D eigenvalue weighted by Gasteiger charge is -2.05. The number of aromatic hydroxyl groups is 1. The molecular weight excluding hydrogens is 186 g/mol. The summed E-state index contributed by atoms with van der Waals surface area (Å²) in [7, 11) is 1.51. The molecule has 0 aliphatic heterocycles. The Bertz CT molecular complexity index is 450. The molecule has 0 aliphatic rings. The van der Waals surface area contributed by atoms with Crippen molar-refractivity contribution in [2.45, 2.75) is 0 Å². The Morgan fingerprint density at radius 1 is 1.54 bits per heavy atom. The van der Waals surface area contributed by atoms with E-state index in [-0.39, 0.29) is 5.75 Å². The Hall–Kier alpha value is -1.42. The number of thiophene rings is 1. The molecule has 1 heterocycles. The highest BCUT2D eigenvalue weighted by Crippen LogP contribution is 2.40. The van der Waals surface area contributed by atoms with Crippen molar-refractivity contribution >= 4 is 27.1 Å². The highest BCUT2D eigenvalue weighted by Gasteiger charge is 2.10. The lowest BCUT2D eigenvalue weighted by Crippen LogP contribution is -1.89. The fourth-order valence-electron chi connectivity index (χ4n) is 1.27. The highest BCUT2D eigenvalue weighted by molar-refractivity contribution is 7.17. The first-order chi connectivity index (χ1) is 6.24. The van der Waals surface area contributed by atoms with E-state index in [0.29, 0.717) is 11.4 Å². The van der Waals surface area contributed by atoms with Gasteiger partial charge in [0.2, 0.25) is 0 Å². The number of phenolic OH excluding ortho intramolecular Hbond substituents is 1. The molecular formula is C9H9NO2S. The normalized spacial score (nSPS) is 10.5. The van der Waals surface area contributed by atoms with Crippen molar-refractivity contribution in [3.05, 3.63) is 17.5 Å². The first kappa shape index (κ1) is 8.19. The van der Waals surface area contributed by atoms with Gasteiger partial charge in [0.1, 0.15) is 0 Å². The van der Waals surface area contributed by atoms with Gasteiger partial charge in [0, 0.05) is 17.1 Å². The quantitative estimate of drug-likeness (QED) is 0.541. The van der Waals surface area contributed by atoms with Gasteiger partial charge in [-0.05, 0) is 11.4 Å². The summed E-state index contributed by atoms with van der Waals surface area (Å²) >= 11 is 1.45. The molecule has 4 heteroatoms. The third-order valence-electron chi connectivity index (χ3n) is 1.93. The SMILES string of the molecule is COc1cc(N)c2ccsc2c1O. The number of anilines is 1. The molecule has 0 amide bonds. The maximum Gasteiger partial charge on any atom is 0.176 e. The van der Waals surface area contributed by atoms with Crippen molar-refractivity contribution in [1.29, 1.82) is 0 Å². The fourth-order valence-corrected chi connectivity index (χ4v) is 2.14. The fraction of sp³-hybridized carbons (Fsp3) is 0.111. The maximum absolute atomic E-state index is 9.69. The zero-order valence-corrected chi connectivity index (χ0v) is 7.89. The summed E-state index contributed by atoms with van der Waals surface area (Å²) in [4.78, 5) is 0. The monoisotopic (exact) mass is 195 g/mol. The molecule has 1 aromatic heterocycles. The number of hydrogen-bond donors (Lipinski definition) is 2. The summed E-state index contributed by atoms with van der Waals surface area (Å²) < 4.78 is 5.75. The largest absolute Gasteiger partial charge is 0.503 e. The van der Waals surface area contributed by atoms with E-state index in [1.54, 1.807) is 6.07 Å². The average Bonchev–Trinajstić information content (AvgIpc) is 2.60. The second-order valence-electron chi connectivity index (χ2n) is 2.68. The van der Waals surface area contributed by atoms with Gasteiger partial charge < -0.3 is 15.6 Å². The summed E-state index contributed by atoms with van der Waals surface area (Å²) in [5.74, 6) is 0.592. The lowest BCUT2D eigenvalue weighted by molar-refractivity contribution is 0.377. The number of fused-ring (bicyclic) bond motifs is 1. The van der Waals surface area contributed by atoms with E-state index in [4.69, 9.17) is 10.5 Å². The minimum absolute atomic E-state index is 0.168. The molecule has 1 aromatic carbocycles. The molecule has 13 heavy (non-hydrogen) atoms. The predicted molar refractivity (Wildman–Crippen MR) is 54.5 cm³/mol. The van der Waals surface area contributed by atoms with Crippen molar-refractivity contribution in [3.63, 3.8) is 0 Å². The van der Waals surface area contributed by atoms with Gasteiger partial charge in [-0.3, -0.25) is 0 Å². The minimum atomic E-state index is 0.168. The molecule has 2 aromatic rings. The minimum Gasteiger partial charge on any atom is -0.503 e. The molecule has 0 aliphatic carbocycles. The van der Waals surface area contributed by atoms with Gasteiger partial charge in [0.05, 0.1) is 11.8 Å². The van der Waals surface area contributed by atoms with Gasteiger partial charge in [-0.1, -0.05) is 0 Å². The number of benzene rings is 1. The Balaban J connectivity index is 2.85. The van der Waals surface area contributed by atoms with E-state index in [0.717, 1.165) is 10.1 Å². The van der Waals surface area contributed by atoms with Crippen molar-refractivity contribution < 1.29 is 9.84 Å². The summed E-state index contributed by atoms with van der Waals surface area (Å²) in [6, 6.07) is 3.51. The van der Waals surface area contributed by atoms with Crippen LogP contribution in [0.15, 0.2) is 17.5 Å². The summed E-state index contributed by atoms with van der Waals surface area (Å²) in [5, 5.41) is 12.5. The number of hydrogen-bond acceptors (Lipinski definition) is 4. The molecule has 0 saturated heterocycles. The lowest BCUT2D eigenvalue weighted by atomic mass is 10.2. The van der Waals surface area contributed by atoms with Gasteiger partial charge in [-0.2, -0.15) is 0 Å². The molecule has 0 radical (unpaired) electrons. The Kier molecular flexibility index (Phi) is 1.77. The smallest absolute Gasteiger partial charge is 0.176 e. The number of ether oxygens (including phenoxy) is 1. The third kappa shape index (κ3) is 1.10.